The smallest absolute Gasteiger partial charge is 0.191 e. The first-order valence-electron chi connectivity index (χ1n) is 9.26. The summed E-state index contributed by atoms with van der Waals surface area (Å²) in [5, 5.41) is 6.82. The molecular formula is C22H29IN4S. The lowest BCUT2D eigenvalue weighted by molar-refractivity contribution is 0.801. The number of rotatable bonds is 6. The Labute approximate surface area is 189 Å². The van der Waals surface area contributed by atoms with Crippen LogP contribution in [0.2, 0.25) is 0 Å². The Morgan fingerprint density at radius 1 is 1.04 bits per heavy atom. The predicted molar refractivity (Wildman–Crippen MR) is 133 cm³/mol. The van der Waals surface area contributed by atoms with E-state index < -0.39 is 0 Å². The van der Waals surface area contributed by atoms with Gasteiger partial charge >= 0.3 is 0 Å². The van der Waals surface area contributed by atoms with Crippen molar-refractivity contribution in [2.24, 2.45) is 4.99 Å². The SMILES string of the molecule is CN=C(NCc1ccc(N2CC=CC2)cc1)NCc1ccc(C)cc1SC.I. The lowest BCUT2D eigenvalue weighted by atomic mass is 10.1. The Kier molecular flexibility index (Phi) is 9.18. The molecule has 0 fully saturated rings. The largest absolute Gasteiger partial charge is 0.364 e. The fourth-order valence-electron chi connectivity index (χ4n) is 3.10. The number of nitrogens with zero attached hydrogens (tertiary/aromatic N) is 2. The van der Waals surface area contributed by atoms with Crippen LogP contribution in [0.25, 0.3) is 0 Å². The van der Waals surface area contributed by atoms with Gasteiger partial charge in [0.05, 0.1) is 0 Å². The highest BCUT2D eigenvalue weighted by atomic mass is 127. The molecular weight excluding hydrogens is 479 g/mol. The third-order valence-electron chi connectivity index (χ3n) is 4.69. The number of hydrogen-bond donors (Lipinski definition) is 2. The van der Waals surface area contributed by atoms with Crippen molar-refractivity contribution in [3.63, 3.8) is 0 Å². The van der Waals surface area contributed by atoms with Crippen molar-refractivity contribution in [2.45, 2.75) is 24.9 Å². The van der Waals surface area contributed by atoms with Crippen molar-refractivity contribution in [3.8, 4) is 0 Å². The van der Waals surface area contributed by atoms with Crippen LogP contribution in [0.1, 0.15) is 16.7 Å². The molecule has 2 N–H and O–H groups in total. The van der Waals surface area contributed by atoms with E-state index in [0.29, 0.717) is 0 Å². The van der Waals surface area contributed by atoms with E-state index in [1.54, 1.807) is 11.8 Å². The van der Waals surface area contributed by atoms with Gasteiger partial charge in [-0.2, -0.15) is 0 Å². The minimum Gasteiger partial charge on any atom is -0.364 e. The molecule has 1 aliphatic rings. The number of aliphatic imine (C=N–C) groups is 1. The second kappa shape index (κ2) is 11.4. The Morgan fingerprint density at radius 3 is 2.36 bits per heavy atom. The molecule has 0 aliphatic carbocycles. The zero-order valence-corrected chi connectivity index (χ0v) is 19.9. The number of guanidine groups is 1. The van der Waals surface area contributed by atoms with Crippen LogP contribution in [0.3, 0.4) is 0 Å². The molecule has 3 rings (SSSR count). The summed E-state index contributed by atoms with van der Waals surface area (Å²) in [6.07, 6.45) is 6.54. The van der Waals surface area contributed by atoms with Crippen molar-refractivity contribution in [2.75, 3.05) is 31.3 Å². The molecule has 0 radical (unpaired) electrons. The first kappa shape index (κ1) is 22.6. The third kappa shape index (κ3) is 6.17. The van der Waals surface area contributed by atoms with Crippen LogP contribution in [-0.2, 0) is 13.1 Å². The van der Waals surface area contributed by atoms with Crippen molar-refractivity contribution >= 4 is 47.4 Å². The highest BCUT2D eigenvalue weighted by Gasteiger charge is 2.07. The van der Waals surface area contributed by atoms with Crippen LogP contribution in [0.5, 0.6) is 0 Å². The number of aryl methyl sites for hydroxylation is 1. The van der Waals surface area contributed by atoms with Crippen molar-refractivity contribution in [1.82, 2.24) is 10.6 Å². The Morgan fingerprint density at radius 2 is 1.71 bits per heavy atom. The lowest BCUT2D eigenvalue weighted by Gasteiger charge is -2.18. The first-order valence-corrected chi connectivity index (χ1v) is 10.5. The predicted octanol–water partition coefficient (Wildman–Crippen LogP) is 4.58. The molecule has 0 amide bonds. The van der Waals surface area contributed by atoms with E-state index in [9.17, 15) is 0 Å². The molecule has 1 heterocycles. The average Bonchev–Trinajstić information content (AvgIpc) is 3.24. The van der Waals surface area contributed by atoms with E-state index in [2.05, 4.69) is 88.3 Å². The van der Waals surface area contributed by atoms with E-state index in [4.69, 9.17) is 0 Å². The normalized spacial score (nSPS) is 13.4. The fourth-order valence-corrected chi connectivity index (χ4v) is 3.80. The second-order valence-electron chi connectivity index (χ2n) is 6.64. The molecule has 0 atom stereocenters. The van der Waals surface area contributed by atoms with E-state index in [1.165, 1.54) is 27.3 Å². The summed E-state index contributed by atoms with van der Waals surface area (Å²) in [5.41, 5.74) is 5.10. The number of thioether (sulfide) groups is 1. The van der Waals surface area contributed by atoms with Crippen LogP contribution in [0.15, 0.2) is 64.5 Å². The minimum atomic E-state index is 0. The molecule has 0 saturated heterocycles. The molecule has 28 heavy (non-hydrogen) atoms. The van der Waals surface area contributed by atoms with Gasteiger partial charge in [0.25, 0.3) is 0 Å². The molecule has 0 unspecified atom stereocenters. The summed E-state index contributed by atoms with van der Waals surface area (Å²) in [6, 6.07) is 15.3. The van der Waals surface area contributed by atoms with Gasteiger partial charge in [0, 0.05) is 43.8 Å². The van der Waals surface area contributed by atoms with E-state index in [0.717, 1.165) is 32.1 Å². The molecule has 2 aromatic carbocycles. The quantitative estimate of drug-likeness (QED) is 0.197. The molecule has 2 aromatic rings. The topological polar surface area (TPSA) is 39.7 Å². The summed E-state index contributed by atoms with van der Waals surface area (Å²) in [7, 11) is 1.81. The summed E-state index contributed by atoms with van der Waals surface area (Å²) in [6.45, 7) is 5.65. The Hall–Kier alpha value is -1.67. The first-order chi connectivity index (χ1) is 13.2. The fraction of sp³-hybridized carbons (Fsp3) is 0.318. The number of nitrogens with one attached hydrogen (secondary N) is 2. The average molecular weight is 508 g/mol. The van der Waals surface area contributed by atoms with Gasteiger partial charge in [-0.15, -0.1) is 35.7 Å². The maximum atomic E-state index is 4.34. The molecule has 1 aliphatic heterocycles. The van der Waals surface area contributed by atoms with Gasteiger partial charge in [-0.1, -0.05) is 36.4 Å². The maximum Gasteiger partial charge on any atom is 0.191 e. The van der Waals surface area contributed by atoms with Gasteiger partial charge in [-0.25, -0.2) is 0 Å². The number of halogens is 1. The summed E-state index contributed by atoms with van der Waals surface area (Å²) >= 11 is 1.78. The number of hydrogen-bond acceptors (Lipinski definition) is 3. The van der Waals surface area contributed by atoms with Crippen LogP contribution in [0, 0.1) is 6.92 Å². The van der Waals surface area contributed by atoms with Gasteiger partial charge < -0.3 is 15.5 Å². The lowest BCUT2D eigenvalue weighted by Crippen LogP contribution is -2.36. The number of benzene rings is 2. The summed E-state index contributed by atoms with van der Waals surface area (Å²) in [5.74, 6) is 0.815. The van der Waals surface area contributed by atoms with Crippen LogP contribution in [0.4, 0.5) is 5.69 Å². The minimum absolute atomic E-state index is 0. The van der Waals surface area contributed by atoms with Crippen LogP contribution < -0.4 is 15.5 Å². The van der Waals surface area contributed by atoms with Gasteiger partial charge in [-0.3, -0.25) is 4.99 Å². The summed E-state index contributed by atoms with van der Waals surface area (Å²) in [4.78, 5) is 8.00. The number of anilines is 1. The van der Waals surface area contributed by atoms with E-state index in [-0.39, 0.29) is 24.0 Å². The molecule has 0 spiro atoms. The van der Waals surface area contributed by atoms with E-state index in [1.807, 2.05) is 7.05 Å². The Bertz CT molecular complexity index is 810. The third-order valence-corrected chi connectivity index (χ3v) is 5.51. The van der Waals surface area contributed by atoms with Gasteiger partial charge in [0.1, 0.15) is 0 Å². The molecule has 4 nitrogen and oxygen atoms in total. The second-order valence-corrected chi connectivity index (χ2v) is 7.49. The monoisotopic (exact) mass is 508 g/mol. The highest BCUT2D eigenvalue weighted by molar-refractivity contribution is 14.0. The molecule has 6 heteroatoms. The summed E-state index contributed by atoms with van der Waals surface area (Å²) < 4.78 is 0. The van der Waals surface area contributed by atoms with Crippen LogP contribution in [-0.4, -0.2) is 32.4 Å². The van der Waals surface area contributed by atoms with E-state index >= 15 is 0 Å². The van der Waals surface area contributed by atoms with Gasteiger partial charge in [-0.05, 0) is 48.1 Å². The zero-order chi connectivity index (χ0) is 19.1. The molecule has 150 valence electrons. The highest BCUT2D eigenvalue weighted by Crippen LogP contribution is 2.21. The van der Waals surface area contributed by atoms with Crippen LogP contribution >= 0.6 is 35.7 Å². The van der Waals surface area contributed by atoms with Gasteiger partial charge in [0.2, 0.25) is 0 Å². The Balaban J connectivity index is 0.00000280. The standard InChI is InChI=1S/C22H28N4S.HI/c1-17-6-9-19(21(14-17)27-3)16-25-22(23-2)24-15-18-7-10-20(11-8-18)26-12-4-5-13-26;/h4-11,14H,12-13,15-16H2,1-3H3,(H2,23,24,25);1H. The molecule has 0 aromatic heterocycles. The maximum absolute atomic E-state index is 4.34. The zero-order valence-electron chi connectivity index (χ0n) is 16.7. The van der Waals surface area contributed by atoms with Gasteiger partial charge in [0.15, 0.2) is 5.96 Å². The van der Waals surface area contributed by atoms with Crippen molar-refractivity contribution in [1.29, 1.82) is 0 Å². The molecule has 0 saturated carbocycles. The molecule has 0 bridgehead atoms. The van der Waals surface area contributed by atoms with Crippen molar-refractivity contribution in [3.05, 3.63) is 71.3 Å². The van der Waals surface area contributed by atoms with Crippen molar-refractivity contribution < 1.29 is 0 Å².